The van der Waals surface area contributed by atoms with Crippen LogP contribution in [-0.2, 0) is 6.18 Å². The first kappa shape index (κ1) is 13.1. The highest BCUT2D eigenvalue weighted by Gasteiger charge is 2.34. The van der Waals surface area contributed by atoms with E-state index in [9.17, 15) is 22.4 Å². The van der Waals surface area contributed by atoms with Crippen LogP contribution in [0, 0.1) is 5.82 Å². The van der Waals surface area contributed by atoms with E-state index >= 15 is 0 Å². The second-order valence-corrected chi connectivity index (χ2v) is 3.72. The number of benzene rings is 1. The van der Waals surface area contributed by atoms with Gasteiger partial charge in [0.25, 0.3) is 5.91 Å². The van der Waals surface area contributed by atoms with Crippen molar-refractivity contribution in [1.29, 1.82) is 0 Å². The van der Waals surface area contributed by atoms with Crippen molar-refractivity contribution in [2.24, 2.45) is 0 Å². The number of nitrogens with one attached hydrogen (secondary N) is 1. The van der Waals surface area contributed by atoms with E-state index in [4.69, 9.17) is 0 Å². The van der Waals surface area contributed by atoms with Crippen molar-refractivity contribution in [3.63, 3.8) is 0 Å². The van der Waals surface area contributed by atoms with Crippen LogP contribution < -0.4 is 5.43 Å². The van der Waals surface area contributed by atoms with Gasteiger partial charge in [-0.15, -0.1) is 0 Å². The molecule has 0 aliphatic rings. The summed E-state index contributed by atoms with van der Waals surface area (Å²) in [5.41, 5.74) is 0.584. The predicted octanol–water partition coefficient (Wildman–Crippen LogP) is 3.03. The number of carbonyl (C=O) groups excluding carboxylic acids is 1. The standard InChI is InChI=1S/C12H8F4N2O/c13-10-4-3-8(7-9(10)12(14,15)16)11(19)17-18-5-1-2-6-18/h1-7H,(H,17,19). The molecule has 0 spiro atoms. The molecule has 0 unspecified atom stereocenters. The van der Waals surface area contributed by atoms with Crippen LogP contribution in [0.3, 0.4) is 0 Å². The summed E-state index contributed by atoms with van der Waals surface area (Å²) in [7, 11) is 0. The molecule has 19 heavy (non-hydrogen) atoms. The molecule has 1 N–H and O–H groups in total. The van der Waals surface area contributed by atoms with Crippen LogP contribution in [0.5, 0.6) is 0 Å². The Balaban J connectivity index is 2.28. The summed E-state index contributed by atoms with van der Waals surface area (Å²) in [6.07, 6.45) is -1.83. The van der Waals surface area contributed by atoms with Crippen molar-refractivity contribution >= 4 is 5.91 Å². The van der Waals surface area contributed by atoms with Crippen LogP contribution >= 0.6 is 0 Å². The van der Waals surface area contributed by atoms with E-state index in [-0.39, 0.29) is 5.56 Å². The molecule has 0 saturated heterocycles. The van der Waals surface area contributed by atoms with Crippen LogP contribution in [0.1, 0.15) is 15.9 Å². The SMILES string of the molecule is O=C(Nn1cccc1)c1ccc(F)c(C(F)(F)F)c1. The number of rotatable bonds is 2. The third-order valence-corrected chi connectivity index (χ3v) is 2.37. The van der Waals surface area contributed by atoms with Gasteiger partial charge in [-0.05, 0) is 30.3 Å². The lowest BCUT2D eigenvalue weighted by molar-refractivity contribution is -0.140. The molecule has 1 aromatic heterocycles. The highest BCUT2D eigenvalue weighted by atomic mass is 19.4. The molecule has 1 heterocycles. The zero-order chi connectivity index (χ0) is 14.0. The predicted molar refractivity (Wildman–Crippen MR) is 59.5 cm³/mol. The van der Waals surface area contributed by atoms with E-state index in [1.807, 2.05) is 0 Å². The summed E-state index contributed by atoms with van der Waals surface area (Å²) in [4.78, 5) is 11.7. The first-order chi connectivity index (χ1) is 8.88. The minimum absolute atomic E-state index is 0.276. The van der Waals surface area contributed by atoms with Gasteiger partial charge < -0.3 is 0 Å². The Morgan fingerprint density at radius 2 is 1.79 bits per heavy atom. The summed E-state index contributed by atoms with van der Waals surface area (Å²) >= 11 is 0. The molecular weight excluding hydrogens is 264 g/mol. The van der Waals surface area contributed by atoms with E-state index in [0.717, 1.165) is 6.07 Å². The molecule has 1 amide bonds. The fourth-order valence-electron chi connectivity index (χ4n) is 1.47. The topological polar surface area (TPSA) is 34.0 Å². The molecule has 7 heteroatoms. The molecule has 0 bridgehead atoms. The molecular formula is C12H8F4N2O. The summed E-state index contributed by atoms with van der Waals surface area (Å²) in [5.74, 6) is -2.17. The number of aromatic nitrogens is 1. The molecule has 100 valence electrons. The molecule has 0 aliphatic carbocycles. The van der Waals surface area contributed by atoms with Crippen LogP contribution in [0.4, 0.5) is 17.6 Å². The fraction of sp³-hybridized carbons (Fsp3) is 0.0833. The van der Waals surface area contributed by atoms with Crippen LogP contribution in [0.2, 0.25) is 0 Å². The minimum atomic E-state index is -4.84. The lowest BCUT2D eigenvalue weighted by Crippen LogP contribution is -2.22. The van der Waals surface area contributed by atoms with E-state index in [2.05, 4.69) is 5.43 Å². The number of halogens is 4. The average Bonchev–Trinajstić information content (AvgIpc) is 2.80. The maximum absolute atomic E-state index is 13.0. The van der Waals surface area contributed by atoms with Gasteiger partial charge in [0.15, 0.2) is 0 Å². The van der Waals surface area contributed by atoms with Gasteiger partial charge in [-0.3, -0.25) is 14.9 Å². The number of nitrogens with zero attached hydrogens (tertiary/aromatic N) is 1. The summed E-state index contributed by atoms with van der Waals surface area (Å²) < 4.78 is 51.8. The zero-order valence-electron chi connectivity index (χ0n) is 9.41. The second-order valence-electron chi connectivity index (χ2n) is 3.72. The van der Waals surface area contributed by atoms with Crippen molar-refractivity contribution in [2.45, 2.75) is 6.18 Å². The monoisotopic (exact) mass is 272 g/mol. The van der Waals surface area contributed by atoms with Gasteiger partial charge in [-0.25, -0.2) is 4.39 Å². The Hall–Kier alpha value is -2.31. The molecule has 0 atom stereocenters. The molecule has 2 aromatic rings. The molecule has 0 saturated carbocycles. The summed E-state index contributed by atoms with van der Waals surface area (Å²) in [6, 6.07) is 5.35. The normalized spacial score (nSPS) is 11.4. The van der Waals surface area contributed by atoms with E-state index in [0.29, 0.717) is 12.1 Å². The van der Waals surface area contributed by atoms with Crippen molar-refractivity contribution in [1.82, 2.24) is 4.68 Å². The third-order valence-electron chi connectivity index (χ3n) is 2.37. The molecule has 3 nitrogen and oxygen atoms in total. The Morgan fingerprint density at radius 1 is 1.16 bits per heavy atom. The highest BCUT2D eigenvalue weighted by molar-refractivity contribution is 6.00. The largest absolute Gasteiger partial charge is 0.419 e. The van der Waals surface area contributed by atoms with Gasteiger partial charge in [0.05, 0.1) is 5.56 Å². The number of hydrogen-bond donors (Lipinski definition) is 1. The Labute approximate surface area is 105 Å². The van der Waals surface area contributed by atoms with Crippen molar-refractivity contribution in [3.8, 4) is 0 Å². The van der Waals surface area contributed by atoms with Gasteiger partial charge >= 0.3 is 6.18 Å². The van der Waals surface area contributed by atoms with E-state index < -0.39 is 23.5 Å². The lowest BCUT2D eigenvalue weighted by atomic mass is 10.1. The minimum Gasteiger partial charge on any atom is -0.268 e. The van der Waals surface area contributed by atoms with Crippen molar-refractivity contribution in [2.75, 3.05) is 5.43 Å². The molecule has 2 rings (SSSR count). The van der Waals surface area contributed by atoms with Crippen molar-refractivity contribution in [3.05, 3.63) is 59.7 Å². The van der Waals surface area contributed by atoms with Crippen LogP contribution in [-0.4, -0.2) is 10.6 Å². The molecule has 0 aliphatic heterocycles. The van der Waals surface area contributed by atoms with Gasteiger partial charge in [0.2, 0.25) is 0 Å². The van der Waals surface area contributed by atoms with E-state index in [1.54, 1.807) is 12.1 Å². The number of carbonyl (C=O) groups is 1. The quantitative estimate of drug-likeness (QED) is 0.838. The highest BCUT2D eigenvalue weighted by Crippen LogP contribution is 2.31. The Bertz CT molecular complexity index is 590. The van der Waals surface area contributed by atoms with E-state index in [1.165, 1.54) is 17.1 Å². The van der Waals surface area contributed by atoms with Crippen molar-refractivity contribution < 1.29 is 22.4 Å². The zero-order valence-corrected chi connectivity index (χ0v) is 9.41. The van der Waals surface area contributed by atoms with Gasteiger partial charge in [-0.1, -0.05) is 0 Å². The molecule has 0 fully saturated rings. The first-order valence-electron chi connectivity index (χ1n) is 5.19. The number of hydrogen-bond acceptors (Lipinski definition) is 1. The maximum Gasteiger partial charge on any atom is 0.419 e. The van der Waals surface area contributed by atoms with Gasteiger partial charge in [-0.2, -0.15) is 13.2 Å². The smallest absolute Gasteiger partial charge is 0.268 e. The first-order valence-corrected chi connectivity index (χ1v) is 5.19. The molecule has 1 aromatic carbocycles. The number of amides is 1. The van der Waals surface area contributed by atoms with Crippen LogP contribution in [0.15, 0.2) is 42.7 Å². The number of alkyl halides is 3. The lowest BCUT2D eigenvalue weighted by Gasteiger charge is -2.10. The average molecular weight is 272 g/mol. The van der Waals surface area contributed by atoms with Gasteiger partial charge in [0, 0.05) is 18.0 Å². The fourth-order valence-corrected chi connectivity index (χ4v) is 1.47. The van der Waals surface area contributed by atoms with Gasteiger partial charge in [0.1, 0.15) is 5.82 Å². The summed E-state index contributed by atoms with van der Waals surface area (Å²) in [6.45, 7) is 0. The van der Waals surface area contributed by atoms with Crippen LogP contribution in [0.25, 0.3) is 0 Å². The third kappa shape index (κ3) is 2.93. The molecule has 0 radical (unpaired) electrons. The summed E-state index contributed by atoms with van der Waals surface area (Å²) in [5, 5.41) is 0. The maximum atomic E-state index is 13.0. The Kier molecular flexibility index (Phi) is 3.28. The second kappa shape index (κ2) is 4.75. The Morgan fingerprint density at radius 3 is 2.37 bits per heavy atom.